The van der Waals surface area contributed by atoms with Gasteiger partial charge in [0.1, 0.15) is 5.75 Å². The first-order valence-corrected chi connectivity index (χ1v) is 9.28. The number of hydrogen-bond acceptors (Lipinski definition) is 3. The van der Waals surface area contributed by atoms with Crippen molar-refractivity contribution in [1.29, 1.82) is 0 Å². The van der Waals surface area contributed by atoms with Gasteiger partial charge in [0.05, 0.1) is 38.3 Å². The molecule has 0 aliphatic carbocycles. The highest BCUT2D eigenvalue weighted by atomic mass is 35.5. The van der Waals surface area contributed by atoms with E-state index >= 15 is 0 Å². The SMILES string of the molecule is COc1ccc(NC(=O)C[NH+]2CCN(c3ccc(Cl)cc3)CC2)cc1Cl. The summed E-state index contributed by atoms with van der Waals surface area (Å²) in [5.74, 6) is 0.579. The molecular weight excluding hydrogens is 373 g/mol. The van der Waals surface area contributed by atoms with Crippen molar-refractivity contribution in [3.8, 4) is 5.75 Å². The molecule has 1 saturated heterocycles. The molecule has 1 aliphatic heterocycles. The van der Waals surface area contributed by atoms with Crippen molar-refractivity contribution < 1.29 is 14.4 Å². The van der Waals surface area contributed by atoms with E-state index in [0.717, 1.165) is 31.2 Å². The Morgan fingerprint density at radius 1 is 1.15 bits per heavy atom. The number of methoxy groups -OCH3 is 1. The average Bonchev–Trinajstić information content (AvgIpc) is 2.63. The summed E-state index contributed by atoms with van der Waals surface area (Å²) in [5, 5.41) is 4.13. The van der Waals surface area contributed by atoms with Crippen LogP contribution >= 0.6 is 23.2 Å². The number of carbonyl (C=O) groups excluding carboxylic acids is 1. The van der Waals surface area contributed by atoms with E-state index in [0.29, 0.717) is 23.0 Å². The molecule has 1 fully saturated rings. The molecule has 26 heavy (non-hydrogen) atoms. The highest BCUT2D eigenvalue weighted by molar-refractivity contribution is 6.32. The molecule has 1 aliphatic rings. The predicted molar refractivity (Wildman–Crippen MR) is 106 cm³/mol. The zero-order valence-electron chi connectivity index (χ0n) is 14.6. The van der Waals surface area contributed by atoms with Gasteiger partial charge in [0, 0.05) is 16.4 Å². The largest absolute Gasteiger partial charge is 0.495 e. The fourth-order valence-electron chi connectivity index (χ4n) is 3.09. The smallest absolute Gasteiger partial charge is 0.279 e. The number of ether oxygens (including phenoxy) is 1. The van der Waals surface area contributed by atoms with Crippen LogP contribution in [0.25, 0.3) is 0 Å². The summed E-state index contributed by atoms with van der Waals surface area (Å²) >= 11 is 12.0. The molecule has 0 atom stereocenters. The molecule has 1 heterocycles. The molecule has 0 radical (unpaired) electrons. The number of anilines is 2. The maximum Gasteiger partial charge on any atom is 0.279 e. The predicted octanol–water partition coefficient (Wildman–Crippen LogP) is 2.35. The van der Waals surface area contributed by atoms with Crippen molar-refractivity contribution in [2.75, 3.05) is 50.1 Å². The Morgan fingerprint density at radius 3 is 2.46 bits per heavy atom. The monoisotopic (exact) mass is 394 g/mol. The molecule has 0 saturated carbocycles. The first-order valence-electron chi connectivity index (χ1n) is 8.52. The number of amides is 1. The number of halogens is 2. The molecule has 5 nitrogen and oxygen atoms in total. The Balaban J connectivity index is 1.49. The maximum absolute atomic E-state index is 12.3. The van der Waals surface area contributed by atoms with Gasteiger partial charge < -0.3 is 19.9 Å². The molecule has 2 N–H and O–H groups in total. The van der Waals surface area contributed by atoms with Crippen molar-refractivity contribution in [1.82, 2.24) is 0 Å². The number of nitrogens with one attached hydrogen (secondary N) is 2. The number of piperazine rings is 1. The molecule has 2 aromatic carbocycles. The molecule has 7 heteroatoms. The van der Waals surface area contributed by atoms with Gasteiger partial charge in [0.2, 0.25) is 0 Å². The topological polar surface area (TPSA) is 46.0 Å². The molecule has 3 rings (SSSR count). The van der Waals surface area contributed by atoms with Crippen molar-refractivity contribution in [3.63, 3.8) is 0 Å². The summed E-state index contributed by atoms with van der Waals surface area (Å²) in [4.78, 5) is 15.9. The van der Waals surface area contributed by atoms with Gasteiger partial charge in [-0.3, -0.25) is 4.79 Å². The van der Waals surface area contributed by atoms with Crippen LogP contribution in [0.2, 0.25) is 10.0 Å². The molecule has 0 unspecified atom stereocenters. The Hall–Kier alpha value is -1.95. The lowest BCUT2D eigenvalue weighted by Crippen LogP contribution is -3.15. The summed E-state index contributed by atoms with van der Waals surface area (Å²) in [5.41, 5.74) is 1.85. The van der Waals surface area contributed by atoms with Crippen molar-refractivity contribution in [2.24, 2.45) is 0 Å². The Labute approximate surface area is 163 Å². The van der Waals surface area contributed by atoms with E-state index in [1.54, 1.807) is 25.3 Å². The lowest BCUT2D eigenvalue weighted by Gasteiger charge is -2.33. The summed E-state index contributed by atoms with van der Waals surface area (Å²) in [6.07, 6.45) is 0. The van der Waals surface area contributed by atoms with Crippen molar-refractivity contribution >= 4 is 40.5 Å². The van der Waals surface area contributed by atoms with E-state index in [2.05, 4.69) is 10.2 Å². The van der Waals surface area contributed by atoms with Crippen molar-refractivity contribution in [3.05, 3.63) is 52.5 Å². The van der Waals surface area contributed by atoms with Crippen LogP contribution in [0, 0.1) is 0 Å². The van der Waals surface area contributed by atoms with Crippen LogP contribution in [0.1, 0.15) is 0 Å². The molecule has 1 amide bonds. The second-order valence-corrected chi connectivity index (χ2v) is 7.13. The Morgan fingerprint density at radius 2 is 1.85 bits per heavy atom. The maximum atomic E-state index is 12.3. The van der Waals surface area contributed by atoms with E-state index in [-0.39, 0.29) is 5.91 Å². The van der Waals surface area contributed by atoms with E-state index < -0.39 is 0 Å². The summed E-state index contributed by atoms with van der Waals surface area (Å²) in [6.45, 7) is 4.11. The fourth-order valence-corrected chi connectivity index (χ4v) is 3.47. The Kier molecular flexibility index (Phi) is 6.25. The van der Waals surface area contributed by atoms with E-state index in [1.807, 2.05) is 24.3 Å². The Bertz CT molecular complexity index is 760. The van der Waals surface area contributed by atoms with Crippen LogP contribution in [0.15, 0.2) is 42.5 Å². The number of carbonyl (C=O) groups is 1. The lowest BCUT2D eigenvalue weighted by atomic mass is 10.2. The van der Waals surface area contributed by atoms with E-state index in [9.17, 15) is 4.79 Å². The lowest BCUT2D eigenvalue weighted by molar-refractivity contribution is -0.892. The van der Waals surface area contributed by atoms with Gasteiger partial charge in [0.25, 0.3) is 5.91 Å². The van der Waals surface area contributed by atoms with Crippen LogP contribution in [-0.4, -0.2) is 45.7 Å². The number of nitrogens with zero attached hydrogens (tertiary/aromatic N) is 1. The van der Waals surface area contributed by atoms with Crippen LogP contribution < -0.4 is 19.9 Å². The summed E-state index contributed by atoms with van der Waals surface area (Å²) in [7, 11) is 1.56. The summed E-state index contributed by atoms with van der Waals surface area (Å²) in [6, 6.07) is 13.1. The van der Waals surface area contributed by atoms with Gasteiger partial charge in [-0.05, 0) is 42.5 Å². The number of hydrogen-bond donors (Lipinski definition) is 2. The zero-order valence-corrected chi connectivity index (χ0v) is 16.1. The molecule has 0 aromatic heterocycles. The molecule has 0 bridgehead atoms. The van der Waals surface area contributed by atoms with Crippen LogP contribution in [0.4, 0.5) is 11.4 Å². The van der Waals surface area contributed by atoms with Gasteiger partial charge in [-0.2, -0.15) is 0 Å². The third-order valence-electron chi connectivity index (χ3n) is 4.51. The highest BCUT2D eigenvalue weighted by Gasteiger charge is 2.22. The molecule has 138 valence electrons. The van der Waals surface area contributed by atoms with Crippen LogP contribution in [0.3, 0.4) is 0 Å². The minimum atomic E-state index is -0.0128. The third-order valence-corrected chi connectivity index (χ3v) is 5.06. The average molecular weight is 395 g/mol. The van der Waals surface area contributed by atoms with Crippen LogP contribution in [-0.2, 0) is 4.79 Å². The molecule has 2 aromatic rings. The van der Waals surface area contributed by atoms with Gasteiger partial charge in [-0.1, -0.05) is 23.2 Å². The first-order chi connectivity index (χ1) is 12.5. The second kappa shape index (κ2) is 8.62. The fraction of sp³-hybridized carbons (Fsp3) is 0.316. The van der Waals surface area contributed by atoms with Gasteiger partial charge in [-0.15, -0.1) is 0 Å². The number of benzene rings is 2. The normalized spacial score (nSPS) is 15.0. The van der Waals surface area contributed by atoms with Crippen LogP contribution in [0.5, 0.6) is 5.75 Å². The quantitative estimate of drug-likeness (QED) is 0.817. The first kappa shape index (κ1) is 18.8. The minimum absolute atomic E-state index is 0.0128. The summed E-state index contributed by atoms with van der Waals surface area (Å²) < 4.78 is 5.12. The number of rotatable bonds is 5. The second-order valence-electron chi connectivity index (χ2n) is 6.29. The molecular formula is C19H22Cl2N3O2+. The number of quaternary nitrogens is 1. The van der Waals surface area contributed by atoms with Gasteiger partial charge in [0.15, 0.2) is 6.54 Å². The minimum Gasteiger partial charge on any atom is -0.495 e. The highest BCUT2D eigenvalue weighted by Crippen LogP contribution is 2.27. The van der Waals surface area contributed by atoms with Crippen molar-refractivity contribution in [2.45, 2.75) is 0 Å². The molecule has 0 spiro atoms. The standard InChI is InChI=1S/C19H21Cl2N3O2/c1-26-18-7-4-15(12-17(18)21)22-19(25)13-23-8-10-24(11-9-23)16-5-2-14(20)3-6-16/h2-7,12H,8-11,13H2,1H3,(H,22,25)/p+1. The van der Waals surface area contributed by atoms with Gasteiger partial charge >= 0.3 is 0 Å². The third kappa shape index (κ3) is 4.81. The van der Waals surface area contributed by atoms with Gasteiger partial charge in [-0.25, -0.2) is 0 Å². The van der Waals surface area contributed by atoms with E-state index in [4.69, 9.17) is 27.9 Å². The van der Waals surface area contributed by atoms with E-state index in [1.165, 1.54) is 10.6 Å². The zero-order chi connectivity index (χ0) is 18.5.